The van der Waals surface area contributed by atoms with Gasteiger partial charge in [-0.3, -0.25) is 0 Å². The predicted octanol–water partition coefficient (Wildman–Crippen LogP) is 4.98. The van der Waals surface area contributed by atoms with Crippen molar-refractivity contribution in [2.75, 3.05) is 5.73 Å². The molecule has 0 aliphatic carbocycles. The highest BCUT2D eigenvalue weighted by Gasteiger charge is 2.09. The Hall–Kier alpha value is -1.38. The molecule has 0 amide bonds. The van der Waals surface area contributed by atoms with Gasteiger partial charge in [-0.15, -0.1) is 0 Å². The minimum atomic E-state index is 0.419. The van der Waals surface area contributed by atoms with Gasteiger partial charge >= 0.3 is 0 Å². The molecule has 2 nitrogen and oxygen atoms in total. The maximum absolute atomic E-state index is 5.96. The van der Waals surface area contributed by atoms with Crippen LogP contribution in [0.3, 0.4) is 0 Å². The zero-order valence-corrected chi connectivity index (χ0v) is 11.6. The first-order valence-electron chi connectivity index (χ1n) is 5.47. The summed E-state index contributed by atoms with van der Waals surface area (Å²) < 4.78 is 5.79. The van der Waals surface area contributed by atoms with E-state index in [0.29, 0.717) is 21.5 Å². The summed E-state index contributed by atoms with van der Waals surface area (Å²) in [6.45, 7) is 4.03. The van der Waals surface area contributed by atoms with Gasteiger partial charge in [0.05, 0.1) is 15.7 Å². The average Bonchev–Trinajstić information content (AvgIpc) is 2.32. The van der Waals surface area contributed by atoms with Crippen LogP contribution in [0.2, 0.25) is 10.0 Å². The fourth-order valence-corrected chi connectivity index (χ4v) is 1.91. The van der Waals surface area contributed by atoms with E-state index in [2.05, 4.69) is 0 Å². The van der Waals surface area contributed by atoms with Crippen molar-refractivity contribution in [2.24, 2.45) is 0 Å². The number of hydrogen-bond donors (Lipinski definition) is 1. The van der Waals surface area contributed by atoms with E-state index in [0.717, 1.165) is 16.9 Å². The molecule has 0 bridgehead atoms. The lowest BCUT2D eigenvalue weighted by Crippen LogP contribution is -1.94. The summed E-state index contributed by atoms with van der Waals surface area (Å²) in [4.78, 5) is 0. The van der Waals surface area contributed by atoms with Crippen LogP contribution < -0.4 is 10.5 Å². The molecular weight excluding hydrogens is 269 g/mol. The predicted molar refractivity (Wildman–Crippen MR) is 76.9 cm³/mol. The summed E-state index contributed by atoms with van der Waals surface area (Å²) in [6, 6.07) is 9.07. The van der Waals surface area contributed by atoms with Crippen LogP contribution in [-0.2, 0) is 0 Å². The second-order valence-corrected chi connectivity index (χ2v) is 4.92. The van der Waals surface area contributed by atoms with Gasteiger partial charge in [-0.1, -0.05) is 35.3 Å². The van der Waals surface area contributed by atoms with Gasteiger partial charge in [-0.25, -0.2) is 0 Å². The summed E-state index contributed by atoms with van der Waals surface area (Å²) in [6.07, 6.45) is 0. The maximum atomic E-state index is 5.96. The number of rotatable bonds is 2. The largest absolute Gasteiger partial charge is 0.455 e. The standard InChI is InChI=1S/C14H13Cl2NO/c1-8-4-3-5-13(9(8)2)18-14-7-11(16)10(15)6-12(14)17/h3-7H,17H2,1-2H3. The highest BCUT2D eigenvalue weighted by Crippen LogP contribution is 2.36. The smallest absolute Gasteiger partial charge is 0.151 e. The lowest BCUT2D eigenvalue weighted by molar-refractivity contribution is 0.481. The topological polar surface area (TPSA) is 35.2 Å². The summed E-state index contributed by atoms with van der Waals surface area (Å²) >= 11 is 11.8. The molecule has 0 aliphatic heterocycles. The molecule has 4 heteroatoms. The molecule has 18 heavy (non-hydrogen) atoms. The van der Waals surface area contributed by atoms with Crippen molar-refractivity contribution in [3.8, 4) is 11.5 Å². The van der Waals surface area contributed by atoms with Crippen LogP contribution in [0.4, 0.5) is 5.69 Å². The summed E-state index contributed by atoms with van der Waals surface area (Å²) in [5.41, 5.74) is 8.55. The molecule has 2 N–H and O–H groups in total. The quantitative estimate of drug-likeness (QED) is 0.788. The molecule has 0 saturated carbocycles. The van der Waals surface area contributed by atoms with E-state index in [9.17, 15) is 0 Å². The Morgan fingerprint density at radius 1 is 1.00 bits per heavy atom. The molecule has 0 spiro atoms. The third-order valence-corrected chi connectivity index (χ3v) is 3.55. The molecule has 0 radical (unpaired) electrons. The second-order valence-electron chi connectivity index (χ2n) is 4.10. The number of anilines is 1. The van der Waals surface area contributed by atoms with Gasteiger partial charge in [0.2, 0.25) is 0 Å². The molecule has 0 aromatic heterocycles. The number of nitrogens with two attached hydrogens (primary N) is 1. The lowest BCUT2D eigenvalue weighted by atomic mass is 10.1. The SMILES string of the molecule is Cc1cccc(Oc2cc(Cl)c(Cl)cc2N)c1C. The monoisotopic (exact) mass is 281 g/mol. The molecule has 0 aliphatic rings. The number of nitrogen functional groups attached to an aromatic ring is 1. The first-order valence-corrected chi connectivity index (χ1v) is 6.23. The van der Waals surface area contributed by atoms with Gasteiger partial charge in [-0.2, -0.15) is 0 Å². The summed E-state index contributed by atoms with van der Waals surface area (Å²) in [7, 11) is 0. The molecular formula is C14H13Cl2NO. The second kappa shape index (κ2) is 5.09. The maximum Gasteiger partial charge on any atom is 0.151 e. The van der Waals surface area contributed by atoms with Gasteiger partial charge in [0.15, 0.2) is 5.75 Å². The summed E-state index contributed by atoms with van der Waals surface area (Å²) in [5, 5.41) is 0.841. The molecule has 2 rings (SSSR count). The molecule has 0 unspecified atom stereocenters. The zero-order chi connectivity index (χ0) is 13.3. The Morgan fingerprint density at radius 2 is 1.67 bits per heavy atom. The third-order valence-electron chi connectivity index (χ3n) is 2.83. The fourth-order valence-electron chi connectivity index (χ4n) is 1.59. The highest BCUT2D eigenvalue weighted by atomic mass is 35.5. The molecule has 2 aromatic carbocycles. The van der Waals surface area contributed by atoms with E-state index in [-0.39, 0.29) is 0 Å². The Kier molecular flexibility index (Phi) is 3.69. The Labute approximate surface area is 116 Å². The molecule has 94 valence electrons. The van der Waals surface area contributed by atoms with E-state index in [1.165, 1.54) is 0 Å². The molecule has 2 aromatic rings. The van der Waals surface area contributed by atoms with Crippen LogP contribution in [0.5, 0.6) is 11.5 Å². The van der Waals surface area contributed by atoms with Gasteiger partial charge in [0, 0.05) is 6.07 Å². The van der Waals surface area contributed by atoms with Gasteiger partial charge in [-0.05, 0) is 37.1 Å². The van der Waals surface area contributed by atoms with E-state index >= 15 is 0 Å². The Morgan fingerprint density at radius 3 is 2.39 bits per heavy atom. The van der Waals surface area contributed by atoms with Gasteiger partial charge < -0.3 is 10.5 Å². The van der Waals surface area contributed by atoms with Crippen LogP contribution in [-0.4, -0.2) is 0 Å². The number of aryl methyl sites for hydroxylation is 1. The zero-order valence-electron chi connectivity index (χ0n) is 10.1. The van der Waals surface area contributed by atoms with Crippen molar-refractivity contribution in [1.82, 2.24) is 0 Å². The Bertz CT molecular complexity index is 597. The van der Waals surface area contributed by atoms with Crippen LogP contribution in [0.25, 0.3) is 0 Å². The number of ether oxygens (including phenoxy) is 1. The van der Waals surface area contributed by atoms with E-state index < -0.39 is 0 Å². The molecule has 0 atom stereocenters. The van der Waals surface area contributed by atoms with E-state index in [1.54, 1.807) is 12.1 Å². The Balaban J connectivity index is 2.40. The minimum absolute atomic E-state index is 0.419. The molecule has 0 heterocycles. The van der Waals surface area contributed by atoms with Crippen LogP contribution >= 0.6 is 23.2 Å². The van der Waals surface area contributed by atoms with Crippen LogP contribution in [0.15, 0.2) is 30.3 Å². The van der Waals surface area contributed by atoms with Crippen molar-refractivity contribution in [3.63, 3.8) is 0 Å². The van der Waals surface area contributed by atoms with E-state index in [4.69, 9.17) is 33.7 Å². The van der Waals surface area contributed by atoms with Crippen molar-refractivity contribution in [3.05, 3.63) is 51.5 Å². The average molecular weight is 282 g/mol. The lowest BCUT2D eigenvalue weighted by Gasteiger charge is -2.13. The number of hydrogen-bond acceptors (Lipinski definition) is 2. The normalized spacial score (nSPS) is 10.4. The van der Waals surface area contributed by atoms with Crippen LogP contribution in [0, 0.1) is 13.8 Å². The number of benzene rings is 2. The first-order chi connectivity index (χ1) is 8.49. The summed E-state index contributed by atoms with van der Waals surface area (Å²) in [5.74, 6) is 1.28. The van der Waals surface area contributed by atoms with Gasteiger partial charge in [0.25, 0.3) is 0 Å². The number of halogens is 2. The van der Waals surface area contributed by atoms with Crippen molar-refractivity contribution in [1.29, 1.82) is 0 Å². The fraction of sp³-hybridized carbons (Fsp3) is 0.143. The third kappa shape index (κ3) is 2.55. The van der Waals surface area contributed by atoms with Crippen LogP contribution in [0.1, 0.15) is 11.1 Å². The van der Waals surface area contributed by atoms with E-state index in [1.807, 2.05) is 32.0 Å². The molecule has 0 saturated heterocycles. The van der Waals surface area contributed by atoms with Gasteiger partial charge in [0.1, 0.15) is 5.75 Å². The van der Waals surface area contributed by atoms with Crippen molar-refractivity contribution < 1.29 is 4.74 Å². The minimum Gasteiger partial charge on any atom is -0.455 e. The van der Waals surface area contributed by atoms with Crippen molar-refractivity contribution >= 4 is 28.9 Å². The molecule has 0 fully saturated rings. The first kappa shape index (κ1) is 13.1. The highest BCUT2D eigenvalue weighted by molar-refractivity contribution is 6.42. The van der Waals surface area contributed by atoms with Crippen molar-refractivity contribution in [2.45, 2.75) is 13.8 Å².